The van der Waals surface area contributed by atoms with E-state index in [-0.39, 0.29) is 24.4 Å². The van der Waals surface area contributed by atoms with Crippen molar-refractivity contribution in [1.82, 2.24) is 9.78 Å². The van der Waals surface area contributed by atoms with Crippen molar-refractivity contribution >= 4 is 11.6 Å². The smallest absolute Gasteiger partial charge is 0.417 e. The molecule has 4 aromatic rings. The molecule has 0 fully saturated rings. The molecule has 9 heteroatoms. The lowest BCUT2D eigenvalue weighted by Crippen LogP contribution is -2.33. The van der Waals surface area contributed by atoms with Crippen LogP contribution in [0.2, 0.25) is 0 Å². The van der Waals surface area contributed by atoms with E-state index in [2.05, 4.69) is 5.10 Å². The number of carbonyl (C=O) groups excluding carboxylic acids is 1. The van der Waals surface area contributed by atoms with Gasteiger partial charge in [-0.05, 0) is 72.5 Å². The highest BCUT2D eigenvalue weighted by atomic mass is 19.4. The maximum absolute atomic E-state index is 13.6. The highest BCUT2D eigenvalue weighted by Gasteiger charge is 2.36. The Hall–Kier alpha value is -4.58. The fourth-order valence-electron chi connectivity index (χ4n) is 4.45. The van der Waals surface area contributed by atoms with Gasteiger partial charge in [-0.15, -0.1) is 0 Å². The van der Waals surface area contributed by atoms with Gasteiger partial charge in [0.15, 0.2) is 0 Å². The van der Waals surface area contributed by atoms with Gasteiger partial charge in [0.05, 0.1) is 34.6 Å². The Morgan fingerprint density at radius 1 is 1.11 bits per heavy atom. The molecule has 186 valence electrons. The molecule has 0 bridgehead atoms. The first-order chi connectivity index (χ1) is 17.8. The maximum atomic E-state index is 13.6. The number of fused-ring (bicyclic) bond motifs is 1. The van der Waals surface area contributed by atoms with Gasteiger partial charge in [-0.3, -0.25) is 4.79 Å². The van der Waals surface area contributed by atoms with E-state index in [0.717, 1.165) is 28.4 Å². The number of halogens is 3. The molecule has 5 rings (SSSR count). The molecule has 2 heterocycles. The monoisotopic (exact) mass is 502 g/mol. The topological polar surface area (TPSA) is 71.2 Å². The molecule has 1 aliphatic rings. The van der Waals surface area contributed by atoms with Gasteiger partial charge >= 0.3 is 6.18 Å². The highest BCUT2D eigenvalue weighted by molar-refractivity contribution is 6.09. The average molecular weight is 502 g/mol. The molecule has 6 nitrogen and oxygen atoms in total. The van der Waals surface area contributed by atoms with Crippen LogP contribution < -0.4 is 9.64 Å². The minimum absolute atomic E-state index is 0.00672. The maximum Gasteiger partial charge on any atom is 0.417 e. The Balaban J connectivity index is 1.49. The first-order valence-electron chi connectivity index (χ1n) is 11.5. The third kappa shape index (κ3) is 4.66. The number of aromatic nitrogens is 2. The van der Waals surface area contributed by atoms with Gasteiger partial charge in [-0.1, -0.05) is 18.2 Å². The molecular formula is C28H21F3N4O2. The molecule has 1 aliphatic heterocycles. The molecule has 0 aliphatic carbocycles. The summed E-state index contributed by atoms with van der Waals surface area (Å²) in [6, 6.07) is 18.3. The summed E-state index contributed by atoms with van der Waals surface area (Å²) in [5, 5.41) is 13.8. The molecule has 0 unspecified atom stereocenters. The molecule has 1 amide bonds. The van der Waals surface area contributed by atoms with Crippen LogP contribution in [0.5, 0.6) is 5.75 Å². The lowest BCUT2D eigenvalue weighted by atomic mass is 9.96. The summed E-state index contributed by atoms with van der Waals surface area (Å²) in [5.74, 6) is -0.146. The first-order valence-corrected chi connectivity index (χ1v) is 11.5. The second-order valence-corrected chi connectivity index (χ2v) is 8.68. The van der Waals surface area contributed by atoms with Crippen LogP contribution in [0.1, 0.15) is 38.2 Å². The molecule has 0 atom stereocenters. The van der Waals surface area contributed by atoms with Crippen LogP contribution in [-0.2, 0) is 12.6 Å². The predicted octanol–water partition coefficient (Wildman–Crippen LogP) is 5.70. The van der Waals surface area contributed by atoms with Crippen LogP contribution >= 0.6 is 0 Å². The summed E-state index contributed by atoms with van der Waals surface area (Å²) in [5.41, 5.74) is 2.23. The van der Waals surface area contributed by atoms with Crippen molar-refractivity contribution in [3.05, 3.63) is 106 Å². The summed E-state index contributed by atoms with van der Waals surface area (Å²) in [6.07, 6.45) is -0.625. The molecule has 0 spiro atoms. The van der Waals surface area contributed by atoms with Gasteiger partial charge in [-0.2, -0.15) is 23.5 Å². The van der Waals surface area contributed by atoms with E-state index in [1.54, 1.807) is 29.1 Å². The molecule has 3 aromatic carbocycles. The van der Waals surface area contributed by atoms with E-state index < -0.39 is 23.2 Å². The third-order valence-corrected chi connectivity index (χ3v) is 6.34. The fraction of sp³-hybridized carbons (Fsp3) is 0.179. The third-order valence-electron chi connectivity index (χ3n) is 6.34. The number of benzene rings is 3. The van der Waals surface area contributed by atoms with E-state index in [0.29, 0.717) is 12.2 Å². The SMILES string of the molecule is Cc1cc2c(cc1Cc1ccc(-n3cccn3)cc1)C(=O)N(c1cccc(C(F)(F)F)c1C#N)CCO2. The number of rotatable bonds is 4. The van der Waals surface area contributed by atoms with Crippen LogP contribution in [0.25, 0.3) is 5.69 Å². The molecule has 0 saturated heterocycles. The van der Waals surface area contributed by atoms with Crippen LogP contribution in [0.4, 0.5) is 18.9 Å². The number of carbonyl (C=O) groups is 1. The number of anilines is 1. The predicted molar refractivity (Wildman–Crippen MR) is 131 cm³/mol. The summed E-state index contributed by atoms with van der Waals surface area (Å²) in [6.45, 7) is 2.01. The Morgan fingerprint density at radius 3 is 2.57 bits per heavy atom. The van der Waals surface area contributed by atoms with Crippen LogP contribution in [0, 0.1) is 18.3 Å². The van der Waals surface area contributed by atoms with Gasteiger partial charge in [0.25, 0.3) is 5.91 Å². The van der Waals surface area contributed by atoms with Gasteiger partial charge in [0.2, 0.25) is 0 Å². The zero-order valence-corrected chi connectivity index (χ0v) is 19.8. The van der Waals surface area contributed by atoms with Crippen LogP contribution in [0.3, 0.4) is 0 Å². The Morgan fingerprint density at radius 2 is 1.89 bits per heavy atom. The molecule has 0 N–H and O–H groups in total. The first kappa shape index (κ1) is 24.1. The molecule has 37 heavy (non-hydrogen) atoms. The van der Waals surface area contributed by atoms with Gasteiger partial charge < -0.3 is 9.64 Å². The van der Waals surface area contributed by atoms with Gasteiger partial charge in [0, 0.05) is 12.4 Å². The van der Waals surface area contributed by atoms with Crippen LogP contribution in [0.15, 0.2) is 73.1 Å². The number of ether oxygens (including phenoxy) is 1. The largest absolute Gasteiger partial charge is 0.491 e. The molecule has 0 saturated carbocycles. The van der Waals surface area contributed by atoms with E-state index in [1.165, 1.54) is 17.0 Å². The Labute approximate surface area is 211 Å². The van der Waals surface area contributed by atoms with Crippen molar-refractivity contribution in [2.45, 2.75) is 19.5 Å². The number of alkyl halides is 3. The normalized spacial score (nSPS) is 13.5. The zero-order valence-electron chi connectivity index (χ0n) is 19.8. The fourth-order valence-corrected chi connectivity index (χ4v) is 4.45. The summed E-state index contributed by atoms with van der Waals surface area (Å²) in [4.78, 5) is 14.8. The Bertz CT molecular complexity index is 1500. The minimum Gasteiger partial charge on any atom is -0.491 e. The van der Waals surface area contributed by atoms with Crippen molar-refractivity contribution in [1.29, 1.82) is 5.26 Å². The quantitative estimate of drug-likeness (QED) is 0.359. The number of nitriles is 1. The van der Waals surface area contributed by atoms with Crippen molar-refractivity contribution in [3.8, 4) is 17.5 Å². The number of hydrogen-bond acceptors (Lipinski definition) is 4. The van der Waals surface area contributed by atoms with E-state index in [1.807, 2.05) is 43.5 Å². The number of hydrogen-bond donors (Lipinski definition) is 0. The highest BCUT2D eigenvalue weighted by Crippen LogP contribution is 2.37. The number of nitrogens with zero attached hydrogens (tertiary/aromatic N) is 4. The van der Waals surface area contributed by atoms with Crippen molar-refractivity contribution in [2.24, 2.45) is 0 Å². The molecular weight excluding hydrogens is 481 g/mol. The summed E-state index contributed by atoms with van der Waals surface area (Å²) >= 11 is 0. The second-order valence-electron chi connectivity index (χ2n) is 8.68. The van der Waals surface area contributed by atoms with Crippen molar-refractivity contribution in [3.63, 3.8) is 0 Å². The molecule has 1 aromatic heterocycles. The van der Waals surface area contributed by atoms with Gasteiger partial charge in [-0.25, -0.2) is 4.68 Å². The molecule has 0 radical (unpaired) electrons. The van der Waals surface area contributed by atoms with Crippen LogP contribution in [-0.4, -0.2) is 28.8 Å². The second kappa shape index (κ2) is 9.47. The lowest BCUT2D eigenvalue weighted by Gasteiger charge is -2.23. The number of aryl methyl sites for hydroxylation is 1. The minimum atomic E-state index is -4.72. The van der Waals surface area contributed by atoms with Crippen molar-refractivity contribution < 1.29 is 22.7 Å². The average Bonchev–Trinajstić information content (AvgIpc) is 3.37. The van der Waals surface area contributed by atoms with Crippen molar-refractivity contribution in [2.75, 3.05) is 18.1 Å². The number of amides is 1. The lowest BCUT2D eigenvalue weighted by molar-refractivity contribution is -0.137. The van der Waals surface area contributed by atoms with E-state index >= 15 is 0 Å². The summed E-state index contributed by atoms with van der Waals surface area (Å²) < 4.78 is 48.1. The standard InChI is InChI=1S/C28H21F3N4O2/c1-18-14-26-22(16-20(18)15-19-6-8-21(9-7-19)35-11-3-10-33-35)27(36)34(12-13-37-26)25-5-2-4-24(23(25)17-32)28(29,30)31/h2-11,14,16H,12-13,15H2,1H3. The van der Waals surface area contributed by atoms with Gasteiger partial charge in [0.1, 0.15) is 18.4 Å². The summed E-state index contributed by atoms with van der Waals surface area (Å²) in [7, 11) is 0. The van der Waals surface area contributed by atoms with E-state index in [9.17, 15) is 23.2 Å². The zero-order chi connectivity index (χ0) is 26.2. The van der Waals surface area contributed by atoms with E-state index in [4.69, 9.17) is 4.74 Å². The Kier molecular flexibility index (Phi) is 6.17.